The highest BCUT2D eigenvalue weighted by Crippen LogP contribution is 2.17. The molecule has 0 aliphatic rings. The van der Waals surface area contributed by atoms with E-state index in [4.69, 9.17) is 16.0 Å². The molecule has 23 heavy (non-hydrogen) atoms. The quantitative estimate of drug-likeness (QED) is 0.400. The number of aliphatic imine (C=N–C) groups is 1. The lowest BCUT2D eigenvalue weighted by Crippen LogP contribution is -2.39. The highest BCUT2D eigenvalue weighted by molar-refractivity contribution is 14.0. The van der Waals surface area contributed by atoms with Crippen LogP contribution in [0.15, 0.2) is 46.0 Å². The zero-order chi connectivity index (χ0) is 15.8. The first-order valence-electron chi connectivity index (χ1n) is 7.10. The lowest BCUT2D eigenvalue weighted by Gasteiger charge is -2.12. The molecule has 4 nitrogen and oxygen atoms in total. The molecule has 2 aromatic rings. The van der Waals surface area contributed by atoms with E-state index in [0.717, 1.165) is 24.3 Å². The van der Waals surface area contributed by atoms with E-state index in [1.165, 1.54) is 12.1 Å². The number of hydrogen-bond donors (Lipinski definition) is 2. The summed E-state index contributed by atoms with van der Waals surface area (Å²) in [6, 6.07) is 8.25. The number of furan rings is 1. The number of rotatable bonds is 6. The highest BCUT2D eigenvalue weighted by atomic mass is 127. The van der Waals surface area contributed by atoms with Gasteiger partial charge in [-0.2, -0.15) is 0 Å². The van der Waals surface area contributed by atoms with Crippen molar-refractivity contribution in [3.8, 4) is 0 Å². The lowest BCUT2D eigenvalue weighted by molar-refractivity contribution is 0.507. The first-order chi connectivity index (χ1) is 10.7. The van der Waals surface area contributed by atoms with Crippen molar-refractivity contribution >= 4 is 41.5 Å². The van der Waals surface area contributed by atoms with Gasteiger partial charge < -0.3 is 15.1 Å². The molecule has 0 atom stereocenters. The maximum atomic E-state index is 13.0. The van der Waals surface area contributed by atoms with E-state index in [9.17, 15) is 4.39 Å². The van der Waals surface area contributed by atoms with E-state index in [1.807, 2.05) is 12.1 Å². The van der Waals surface area contributed by atoms with Gasteiger partial charge in [-0.25, -0.2) is 4.39 Å². The molecule has 2 rings (SSSR count). The normalized spacial score (nSPS) is 11.0. The van der Waals surface area contributed by atoms with Crippen LogP contribution in [0.5, 0.6) is 0 Å². The van der Waals surface area contributed by atoms with Crippen LogP contribution in [0.4, 0.5) is 4.39 Å². The molecule has 2 N–H and O–H groups in total. The Balaban J connectivity index is 0.00000264. The Labute approximate surface area is 157 Å². The second kappa shape index (κ2) is 10.5. The van der Waals surface area contributed by atoms with E-state index in [0.29, 0.717) is 23.9 Å². The summed E-state index contributed by atoms with van der Waals surface area (Å²) in [7, 11) is 1.72. The van der Waals surface area contributed by atoms with E-state index in [1.54, 1.807) is 19.4 Å². The van der Waals surface area contributed by atoms with E-state index in [-0.39, 0.29) is 29.8 Å². The third-order valence-corrected chi connectivity index (χ3v) is 3.52. The van der Waals surface area contributed by atoms with Crippen molar-refractivity contribution in [2.75, 3.05) is 20.1 Å². The number of guanidine groups is 1. The molecule has 0 spiro atoms. The van der Waals surface area contributed by atoms with Gasteiger partial charge in [-0.3, -0.25) is 4.99 Å². The average Bonchev–Trinajstić information content (AvgIpc) is 3.01. The molecule has 126 valence electrons. The molecule has 0 saturated carbocycles. The number of benzene rings is 1. The highest BCUT2D eigenvalue weighted by Gasteiger charge is 2.03. The predicted octanol–water partition coefficient (Wildman–Crippen LogP) is 3.64. The van der Waals surface area contributed by atoms with E-state index in [2.05, 4.69) is 15.6 Å². The van der Waals surface area contributed by atoms with Crippen LogP contribution in [0.3, 0.4) is 0 Å². The smallest absolute Gasteiger partial charge is 0.191 e. The van der Waals surface area contributed by atoms with Crippen LogP contribution in [0.25, 0.3) is 0 Å². The Morgan fingerprint density at radius 3 is 2.57 bits per heavy atom. The minimum atomic E-state index is -0.322. The van der Waals surface area contributed by atoms with Crippen molar-refractivity contribution in [2.24, 2.45) is 4.99 Å². The third-order valence-electron chi connectivity index (χ3n) is 3.17. The van der Waals surface area contributed by atoms with Gasteiger partial charge in [-0.15, -0.1) is 24.0 Å². The van der Waals surface area contributed by atoms with Crippen LogP contribution in [0.1, 0.15) is 11.3 Å². The largest absolute Gasteiger partial charge is 0.469 e. The average molecular weight is 452 g/mol. The zero-order valence-corrected chi connectivity index (χ0v) is 15.9. The Bertz CT molecular complexity index is 620. The fourth-order valence-electron chi connectivity index (χ4n) is 2.02. The first-order valence-corrected chi connectivity index (χ1v) is 7.47. The molecule has 0 amide bonds. The lowest BCUT2D eigenvalue weighted by atomic mass is 10.1. The molecule has 7 heteroatoms. The molecule has 0 aliphatic heterocycles. The van der Waals surface area contributed by atoms with Gasteiger partial charge in [-0.1, -0.05) is 17.7 Å². The van der Waals surface area contributed by atoms with Crippen molar-refractivity contribution in [1.29, 1.82) is 0 Å². The Morgan fingerprint density at radius 2 is 1.96 bits per heavy atom. The maximum absolute atomic E-state index is 13.0. The molecule has 1 heterocycles. The van der Waals surface area contributed by atoms with Crippen LogP contribution in [0.2, 0.25) is 5.02 Å². The summed E-state index contributed by atoms with van der Waals surface area (Å²) in [6.07, 6.45) is 3.14. The van der Waals surface area contributed by atoms with Crippen LogP contribution in [0, 0.1) is 5.82 Å². The molecule has 0 saturated heterocycles. The second-order valence-electron chi connectivity index (χ2n) is 4.74. The van der Waals surface area contributed by atoms with Crippen LogP contribution in [-0.2, 0) is 12.8 Å². The topological polar surface area (TPSA) is 49.6 Å². The van der Waals surface area contributed by atoms with Gasteiger partial charge >= 0.3 is 0 Å². The SMILES string of the molecule is CN=C(NCCc1ccco1)NCCc1ccc(F)cc1Cl.I. The van der Waals surface area contributed by atoms with E-state index >= 15 is 0 Å². The summed E-state index contributed by atoms with van der Waals surface area (Å²) >= 11 is 6.00. The molecule has 0 radical (unpaired) electrons. The van der Waals surface area contributed by atoms with Crippen molar-refractivity contribution in [3.63, 3.8) is 0 Å². The molecule has 1 aromatic carbocycles. The van der Waals surface area contributed by atoms with Crippen molar-refractivity contribution in [1.82, 2.24) is 10.6 Å². The molecule has 0 unspecified atom stereocenters. The molecule has 0 aliphatic carbocycles. The van der Waals surface area contributed by atoms with Gasteiger partial charge in [0, 0.05) is 31.6 Å². The summed E-state index contributed by atoms with van der Waals surface area (Å²) in [5.74, 6) is 1.32. The Hall–Kier alpha value is -1.28. The monoisotopic (exact) mass is 451 g/mol. The number of nitrogens with zero attached hydrogens (tertiary/aromatic N) is 1. The van der Waals surface area contributed by atoms with Gasteiger partial charge in [0.05, 0.1) is 6.26 Å². The Morgan fingerprint density at radius 1 is 1.22 bits per heavy atom. The molecular weight excluding hydrogens is 432 g/mol. The molecule has 0 fully saturated rings. The zero-order valence-electron chi connectivity index (χ0n) is 12.8. The molecular formula is C16H20ClFIN3O. The van der Waals surface area contributed by atoms with Gasteiger partial charge in [-0.05, 0) is 36.2 Å². The maximum Gasteiger partial charge on any atom is 0.191 e. The number of hydrogen-bond acceptors (Lipinski definition) is 2. The van der Waals surface area contributed by atoms with Crippen molar-refractivity contribution < 1.29 is 8.81 Å². The predicted molar refractivity (Wildman–Crippen MR) is 102 cm³/mol. The van der Waals surface area contributed by atoms with Gasteiger partial charge in [0.2, 0.25) is 0 Å². The second-order valence-corrected chi connectivity index (χ2v) is 5.15. The van der Waals surface area contributed by atoms with Gasteiger partial charge in [0.15, 0.2) is 5.96 Å². The summed E-state index contributed by atoms with van der Waals surface area (Å²) < 4.78 is 18.2. The summed E-state index contributed by atoms with van der Waals surface area (Å²) in [5, 5.41) is 6.85. The van der Waals surface area contributed by atoms with Crippen molar-refractivity contribution in [3.05, 3.63) is 58.8 Å². The van der Waals surface area contributed by atoms with Crippen molar-refractivity contribution in [2.45, 2.75) is 12.8 Å². The number of nitrogens with one attached hydrogen (secondary N) is 2. The molecule has 1 aromatic heterocycles. The summed E-state index contributed by atoms with van der Waals surface area (Å²) in [4.78, 5) is 4.15. The Kier molecular flexibility index (Phi) is 9.01. The standard InChI is InChI=1S/C16H19ClFN3O.HI/c1-19-16(21-9-7-14-3-2-10-22-14)20-8-6-12-4-5-13(18)11-15(12)17;/h2-5,10-11H,6-9H2,1H3,(H2,19,20,21);1H. The minimum Gasteiger partial charge on any atom is -0.469 e. The molecule has 0 bridgehead atoms. The number of halogens is 3. The minimum absolute atomic E-state index is 0. The van der Waals surface area contributed by atoms with Gasteiger partial charge in [0.1, 0.15) is 11.6 Å². The van der Waals surface area contributed by atoms with Crippen LogP contribution < -0.4 is 10.6 Å². The van der Waals surface area contributed by atoms with E-state index < -0.39 is 0 Å². The van der Waals surface area contributed by atoms with Crippen LogP contribution in [-0.4, -0.2) is 26.1 Å². The summed E-state index contributed by atoms with van der Waals surface area (Å²) in [5.41, 5.74) is 0.904. The third kappa shape index (κ3) is 6.78. The first kappa shape index (κ1) is 19.8. The fraction of sp³-hybridized carbons (Fsp3) is 0.312. The summed E-state index contributed by atoms with van der Waals surface area (Å²) in [6.45, 7) is 1.39. The van der Waals surface area contributed by atoms with Crippen LogP contribution >= 0.6 is 35.6 Å². The van der Waals surface area contributed by atoms with Gasteiger partial charge in [0.25, 0.3) is 0 Å². The fourth-order valence-corrected chi connectivity index (χ4v) is 2.28.